The Morgan fingerprint density at radius 1 is 1.23 bits per heavy atom. The zero-order valence-corrected chi connectivity index (χ0v) is 16.2. The van der Waals surface area contributed by atoms with Gasteiger partial charge in [0, 0.05) is 31.9 Å². The predicted molar refractivity (Wildman–Crippen MR) is 98.1 cm³/mol. The maximum atomic E-state index is 12.6. The van der Waals surface area contributed by atoms with Gasteiger partial charge < -0.3 is 9.88 Å². The lowest BCUT2D eigenvalue weighted by molar-refractivity contribution is -0.121. The Labute approximate surface area is 155 Å². The first-order chi connectivity index (χ1) is 12.5. The number of likely N-dealkylation sites (tertiary alicyclic amines) is 1. The van der Waals surface area contributed by atoms with E-state index in [2.05, 4.69) is 22.1 Å². The molecule has 1 unspecified atom stereocenters. The maximum Gasteiger partial charge on any atom is 0.262 e. The fourth-order valence-corrected chi connectivity index (χ4v) is 5.25. The second-order valence-corrected chi connectivity index (χ2v) is 8.96. The van der Waals surface area contributed by atoms with Crippen molar-refractivity contribution in [3.05, 3.63) is 12.5 Å². The standard InChI is InChI=1S/C17H29N5O3S/c1-2-21-8-6-7-15(21)11-18-16(23)12-20-13-17(19-14-20)26(24,25)22-9-4-3-5-10-22/h13-15H,2-12H2,1H3,(H,18,23). The third-order valence-electron chi connectivity index (χ3n) is 5.30. The number of nitrogens with zero attached hydrogens (tertiary/aromatic N) is 4. The molecule has 2 aliphatic rings. The van der Waals surface area contributed by atoms with Crippen molar-refractivity contribution in [3.63, 3.8) is 0 Å². The number of amides is 1. The molecular weight excluding hydrogens is 354 g/mol. The smallest absolute Gasteiger partial charge is 0.262 e. The van der Waals surface area contributed by atoms with Crippen molar-refractivity contribution in [2.24, 2.45) is 0 Å². The lowest BCUT2D eigenvalue weighted by atomic mass is 10.2. The summed E-state index contributed by atoms with van der Waals surface area (Å²) in [5.41, 5.74) is 0. The van der Waals surface area contributed by atoms with Crippen molar-refractivity contribution in [3.8, 4) is 0 Å². The molecule has 0 spiro atoms. The van der Waals surface area contributed by atoms with Crippen LogP contribution in [0.1, 0.15) is 39.0 Å². The Kier molecular flexibility index (Phi) is 6.31. The monoisotopic (exact) mass is 383 g/mol. The van der Waals surface area contributed by atoms with E-state index in [0.717, 1.165) is 38.8 Å². The summed E-state index contributed by atoms with van der Waals surface area (Å²) < 4.78 is 28.2. The molecule has 26 heavy (non-hydrogen) atoms. The Morgan fingerprint density at radius 3 is 2.73 bits per heavy atom. The van der Waals surface area contributed by atoms with Crippen molar-refractivity contribution in [2.75, 3.05) is 32.7 Å². The minimum absolute atomic E-state index is 0.0279. The summed E-state index contributed by atoms with van der Waals surface area (Å²) in [6, 6.07) is 0.404. The summed E-state index contributed by atoms with van der Waals surface area (Å²) in [6.07, 6.45) is 8.00. The summed E-state index contributed by atoms with van der Waals surface area (Å²) in [4.78, 5) is 18.6. The molecule has 1 amide bonds. The second-order valence-electron chi connectivity index (χ2n) is 7.08. The van der Waals surface area contributed by atoms with Crippen LogP contribution >= 0.6 is 0 Å². The largest absolute Gasteiger partial charge is 0.353 e. The Morgan fingerprint density at radius 2 is 2.00 bits per heavy atom. The SMILES string of the molecule is CCN1CCCC1CNC(=O)Cn1cnc(S(=O)(=O)N2CCCCC2)c1. The van der Waals surface area contributed by atoms with Gasteiger partial charge >= 0.3 is 0 Å². The summed E-state index contributed by atoms with van der Waals surface area (Å²) in [7, 11) is -3.55. The lowest BCUT2D eigenvalue weighted by Gasteiger charge is -2.24. The van der Waals surface area contributed by atoms with Crippen LogP contribution in [-0.4, -0.2) is 71.8 Å². The number of carbonyl (C=O) groups is 1. The lowest BCUT2D eigenvalue weighted by Crippen LogP contribution is -2.40. The average Bonchev–Trinajstić information content (AvgIpc) is 3.30. The van der Waals surface area contributed by atoms with Crippen molar-refractivity contribution in [1.82, 2.24) is 24.1 Å². The molecule has 9 heteroatoms. The van der Waals surface area contributed by atoms with Gasteiger partial charge in [0.1, 0.15) is 6.54 Å². The van der Waals surface area contributed by atoms with Gasteiger partial charge in [0.2, 0.25) is 5.91 Å². The van der Waals surface area contributed by atoms with Gasteiger partial charge in [0.25, 0.3) is 10.0 Å². The first kappa shape index (κ1) is 19.3. The van der Waals surface area contributed by atoms with Gasteiger partial charge in [-0.15, -0.1) is 0 Å². The highest BCUT2D eigenvalue weighted by atomic mass is 32.2. The fraction of sp³-hybridized carbons (Fsp3) is 0.765. The number of imidazole rings is 1. The van der Waals surface area contributed by atoms with Gasteiger partial charge in [-0.3, -0.25) is 9.69 Å². The summed E-state index contributed by atoms with van der Waals surface area (Å²) >= 11 is 0. The van der Waals surface area contributed by atoms with Crippen LogP contribution in [0.4, 0.5) is 0 Å². The summed E-state index contributed by atoms with van der Waals surface area (Å²) in [6.45, 7) is 6.05. The number of hydrogen-bond donors (Lipinski definition) is 1. The van der Waals surface area contributed by atoms with E-state index in [1.165, 1.54) is 23.3 Å². The van der Waals surface area contributed by atoms with Crippen molar-refractivity contribution >= 4 is 15.9 Å². The number of sulfonamides is 1. The number of carbonyl (C=O) groups excluding carboxylic acids is 1. The van der Waals surface area contributed by atoms with Crippen LogP contribution in [0.3, 0.4) is 0 Å². The van der Waals surface area contributed by atoms with E-state index in [1.54, 1.807) is 4.57 Å². The van der Waals surface area contributed by atoms with Gasteiger partial charge in [0.05, 0.1) is 6.33 Å². The van der Waals surface area contributed by atoms with Gasteiger partial charge in [-0.2, -0.15) is 4.31 Å². The molecule has 1 aromatic rings. The molecule has 2 aliphatic heterocycles. The number of nitrogens with one attached hydrogen (secondary N) is 1. The highest BCUT2D eigenvalue weighted by Crippen LogP contribution is 2.19. The predicted octanol–water partition coefficient (Wildman–Crippen LogP) is 0.658. The topological polar surface area (TPSA) is 87.5 Å². The van der Waals surface area contributed by atoms with E-state index in [1.807, 2.05) is 0 Å². The van der Waals surface area contributed by atoms with Gasteiger partial charge in [-0.25, -0.2) is 13.4 Å². The van der Waals surface area contributed by atoms with Crippen LogP contribution in [0.25, 0.3) is 0 Å². The van der Waals surface area contributed by atoms with Crippen LogP contribution in [0.15, 0.2) is 17.6 Å². The third-order valence-corrected chi connectivity index (χ3v) is 7.08. The molecule has 2 saturated heterocycles. The second kappa shape index (κ2) is 8.49. The van der Waals surface area contributed by atoms with Gasteiger partial charge in [-0.1, -0.05) is 13.3 Å². The van der Waals surface area contributed by atoms with Crippen LogP contribution in [-0.2, 0) is 21.4 Å². The van der Waals surface area contributed by atoms with E-state index in [0.29, 0.717) is 25.7 Å². The molecule has 1 aromatic heterocycles. The van der Waals surface area contributed by atoms with E-state index < -0.39 is 10.0 Å². The molecule has 0 saturated carbocycles. The average molecular weight is 384 g/mol. The van der Waals surface area contributed by atoms with Crippen LogP contribution in [0.2, 0.25) is 0 Å². The first-order valence-corrected chi connectivity index (χ1v) is 11.0. The molecule has 146 valence electrons. The molecule has 0 aliphatic carbocycles. The van der Waals surface area contributed by atoms with Gasteiger partial charge in [-0.05, 0) is 38.8 Å². The van der Waals surface area contributed by atoms with Crippen molar-refractivity contribution in [2.45, 2.75) is 56.6 Å². The Hall–Kier alpha value is -1.45. The van der Waals surface area contributed by atoms with Gasteiger partial charge in [0.15, 0.2) is 5.03 Å². The Balaban J connectivity index is 1.53. The van der Waals surface area contributed by atoms with Crippen LogP contribution < -0.4 is 5.32 Å². The maximum absolute atomic E-state index is 12.6. The Bertz CT molecular complexity index is 712. The molecule has 1 N–H and O–H groups in total. The minimum Gasteiger partial charge on any atom is -0.353 e. The molecule has 0 radical (unpaired) electrons. The molecule has 1 atom stereocenters. The number of piperidine rings is 1. The molecule has 8 nitrogen and oxygen atoms in total. The molecule has 0 bridgehead atoms. The summed E-state index contributed by atoms with van der Waals surface area (Å²) in [5, 5.41) is 2.99. The molecule has 3 rings (SSSR count). The van der Waals surface area contributed by atoms with E-state index in [-0.39, 0.29) is 17.5 Å². The van der Waals surface area contributed by atoms with Crippen LogP contribution in [0.5, 0.6) is 0 Å². The zero-order valence-electron chi connectivity index (χ0n) is 15.4. The minimum atomic E-state index is -3.55. The zero-order chi connectivity index (χ0) is 18.6. The fourth-order valence-electron chi connectivity index (χ4n) is 3.79. The summed E-state index contributed by atoms with van der Waals surface area (Å²) in [5.74, 6) is -0.118. The molecular formula is C17H29N5O3S. The quantitative estimate of drug-likeness (QED) is 0.747. The highest BCUT2D eigenvalue weighted by Gasteiger charge is 2.28. The number of likely N-dealkylation sites (N-methyl/N-ethyl adjacent to an activating group) is 1. The normalized spacial score (nSPS) is 22.6. The molecule has 3 heterocycles. The van der Waals surface area contributed by atoms with Crippen LogP contribution in [0, 0.1) is 0 Å². The van der Waals surface area contributed by atoms with Crippen molar-refractivity contribution in [1.29, 1.82) is 0 Å². The highest BCUT2D eigenvalue weighted by molar-refractivity contribution is 7.89. The number of aromatic nitrogens is 2. The first-order valence-electron chi connectivity index (χ1n) is 9.53. The number of rotatable bonds is 7. The van der Waals surface area contributed by atoms with E-state index in [4.69, 9.17) is 0 Å². The molecule has 2 fully saturated rings. The number of hydrogen-bond acceptors (Lipinski definition) is 5. The third kappa shape index (κ3) is 4.44. The molecule has 0 aromatic carbocycles. The van der Waals surface area contributed by atoms with Crippen molar-refractivity contribution < 1.29 is 13.2 Å². The van der Waals surface area contributed by atoms with E-state index >= 15 is 0 Å². The van der Waals surface area contributed by atoms with E-state index in [9.17, 15) is 13.2 Å².